The molecule has 0 N–H and O–H groups in total. The number of hydrogen-bond donors (Lipinski definition) is 0. The highest BCUT2D eigenvalue weighted by Gasteiger charge is 2.27. The Kier molecular flexibility index (Phi) is 7.97. The fraction of sp³-hybridized carbons (Fsp3) is 0.174. The van der Waals surface area contributed by atoms with Gasteiger partial charge in [-0.3, -0.25) is 0 Å². The molecule has 3 aromatic rings. The summed E-state index contributed by atoms with van der Waals surface area (Å²) >= 11 is 0. The van der Waals surface area contributed by atoms with E-state index in [2.05, 4.69) is 91.9 Å². The van der Waals surface area contributed by atoms with Crippen molar-refractivity contribution in [2.45, 2.75) is 41.4 Å². The Morgan fingerprint density at radius 2 is 1.19 bits per heavy atom. The number of aliphatic carboxylic acids is 1. The zero-order chi connectivity index (χ0) is 18.8. The molecule has 0 aromatic heterocycles. The summed E-state index contributed by atoms with van der Waals surface area (Å²) in [5, 5.41) is 9.49. The van der Waals surface area contributed by atoms with Gasteiger partial charge < -0.3 is 9.90 Å². The zero-order valence-corrected chi connectivity index (χ0v) is 16.0. The lowest BCUT2D eigenvalue weighted by atomic mass is 10.2. The zero-order valence-electron chi connectivity index (χ0n) is 15.2. The van der Waals surface area contributed by atoms with Crippen LogP contribution >= 0.6 is 0 Å². The highest BCUT2D eigenvalue weighted by molar-refractivity contribution is 7.97. The first kappa shape index (κ1) is 19.8. The molecule has 134 valence electrons. The van der Waals surface area contributed by atoms with Crippen LogP contribution in [0.5, 0.6) is 0 Å². The van der Waals surface area contributed by atoms with Crippen LogP contribution in [0, 0.1) is 6.92 Å². The van der Waals surface area contributed by atoms with Crippen LogP contribution in [0.15, 0.2) is 99.6 Å². The van der Waals surface area contributed by atoms with Crippen LogP contribution in [0.3, 0.4) is 0 Å². The third kappa shape index (κ3) is 6.08. The first-order valence-electron chi connectivity index (χ1n) is 8.72. The van der Waals surface area contributed by atoms with Gasteiger partial charge in [0, 0.05) is 5.97 Å². The van der Waals surface area contributed by atoms with Gasteiger partial charge in [-0.25, -0.2) is 0 Å². The second-order valence-corrected chi connectivity index (χ2v) is 7.89. The van der Waals surface area contributed by atoms with Gasteiger partial charge in [0.05, 0.1) is 10.9 Å². The van der Waals surface area contributed by atoms with E-state index in [1.807, 2.05) is 0 Å². The molecule has 0 aliphatic carbocycles. The SMILES string of the molecule is CCCC(=O)[O-].Cc1ccc([S+](c2ccccc2)c2ccccc2)cc1. The lowest BCUT2D eigenvalue weighted by Gasteiger charge is -2.07. The van der Waals surface area contributed by atoms with Gasteiger partial charge in [-0.15, -0.1) is 0 Å². The molecule has 0 aliphatic rings. The lowest BCUT2D eigenvalue weighted by Crippen LogP contribution is -2.20. The number of rotatable bonds is 5. The van der Waals surface area contributed by atoms with Crippen LogP contribution in [0.25, 0.3) is 0 Å². The summed E-state index contributed by atoms with van der Waals surface area (Å²) in [6.45, 7) is 3.93. The average molecular weight is 365 g/mol. The van der Waals surface area contributed by atoms with Crippen molar-refractivity contribution in [3.05, 3.63) is 90.5 Å². The summed E-state index contributed by atoms with van der Waals surface area (Å²) in [4.78, 5) is 13.6. The number of carbonyl (C=O) groups excluding carboxylic acids is 1. The van der Waals surface area contributed by atoms with Gasteiger partial charge in [0.1, 0.15) is 0 Å². The van der Waals surface area contributed by atoms with Gasteiger partial charge >= 0.3 is 0 Å². The molecule has 0 bridgehead atoms. The van der Waals surface area contributed by atoms with E-state index in [1.165, 1.54) is 20.2 Å². The normalized spacial score (nSPS) is 10.1. The van der Waals surface area contributed by atoms with Crippen molar-refractivity contribution in [3.8, 4) is 0 Å². The van der Waals surface area contributed by atoms with Crippen molar-refractivity contribution >= 4 is 16.9 Å². The first-order valence-corrected chi connectivity index (χ1v) is 9.95. The van der Waals surface area contributed by atoms with Crippen molar-refractivity contribution in [1.82, 2.24) is 0 Å². The van der Waals surface area contributed by atoms with Crippen molar-refractivity contribution in [3.63, 3.8) is 0 Å². The van der Waals surface area contributed by atoms with Crippen LogP contribution in [-0.4, -0.2) is 5.97 Å². The third-order valence-corrected chi connectivity index (χ3v) is 5.90. The van der Waals surface area contributed by atoms with Gasteiger partial charge in [0.2, 0.25) is 0 Å². The molecular formula is C23H24O2S. The maximum absolute atomic E-state index is 9.49. The Balaban J connectivity index is 0.000000352. The van der Waals surface area contributed by atoms with Crippen molar-refractivity contribution in [1.29, 1.82) is 0 Å². The standard InChI is InChI=1S/C19H17S.C4H8O2/c1-16-12-14-19(15-13-16)20(17-8-4-2-5-9-17)18-10-6-3-7-11-18;1-2-3-4(5)6/h2-15H,1H3;2-3H2,1H3,(H,5,6)/q+1;/p-1. The minimum atomic E-state index is -0.961. The average Bonchev–Trinajstić information content (AvgIpc) is 2.66. The van der Waals surface area contributed by atoms with E-state index in [-0.39, 0.29) is 17.3 Å². The van der Waals surface area contributed by atoms with Crippen LogP contribution in [0.1, 0.15) is 25.3 Å². The second-order valence-electron chi connectivity index (χ2n) is 5.87. The molecule has 3 rings (SSSR count). The summed E-state index contributed by atoms with van der Waals surface area (Å²) in [6, 6.07) is 30.4. The fourth-order valence-corrected chi connectivity index (χ4v) is 4.48. The monoisotopic (exact) mass is 364 g/mol. The van der Waals surface area contributed by atoms with Crippen LogP contribution in [0.4, 0.5) is 0 Å². The van der Waals surface area contributed by atoms with Gasteiger partial charge in [0.25, 0.3) is 0 Å². The minimum Gasteiger partial charge on any atom is -0.550 e. The topological polar surface area (TPSA) is 40.1 Å². The molecule has 0 spiro atoms. The predicted octanol–water partition coefficient (Wildman–Crippen LogP) is 4.63. The highest BCUT2D eigenvalue weighted by Crippen LogP contribution is 2.30. The maximum Gasteiger partial charge on any atom is 0.166 e. The summed E-state index contributed by atoms with van der Waals surface area (Å²) in [5.41, 5.74) is 1.30. The van der Waals surface area contributed by atoms with Gasteiger partial charge in [0.15, 0.2) is 14.7 Å². The molecule has 0 saturated heterocycles. The number of carboxylic acid groups (broad SMARTS) is 1. The Hall–Kier alpha value is -2.52. The van der Waals surface area contributed by atoms with E-state index in [0.717, 1.165) is 0 Å². The molecule has 3 heteroatoms. The van der Waals surface area contributed by atoms with E-state index in [9.17, 15) is 9.90 Å². The van der Waals surface area contributed by atoms with E-state index >= 15 is 0 Å². The second kappa shape index (κ2) is 10.5. The Morgan fingerprint density at radius 3 is 1.54 bits per heavy atom. The number of aryl methyl sites for hydroxylation is 1. The molecule has 0 atom stereocenters. The largest absolute Gasteiger partial charge is 0.550 e. The molecule has 3 aromatic carbocycles. The summed E-state index contributed by atoms with van der Waals surface area (Å²) in [5.74, 6) is -0.961. The summed E-state index contributed by atoms with van der Waals surface area (Å²) < 4.78 is 0. The van der Waals surface area contributed by atoms with E-state index in [1.54, 1.807) is 6.92 Å². The minimum absolute atomic E-state index is 0.0229. The van der Waals surface area contributed by atoms with Crippen molar-refractivity contribution in [2.24, 2.45) is 0 Å². The van der Waals surface area contributed by atoms with Gasteiger partial charge in [-0.05, 0) is 49.7 Å². The maximum atomic E-state index is 9.49. The molecule has 0 amide bonds. The Bertz CT molecular complexity index is 744. The Labute approximate surface area is 158 Å². The van der Waals surface area contributed by atoms with Crippen LogP contribution < -0.4 is 5.11 Å². The predicted molar refractivity (Wildman–Crippen MR) is 106 cm³/mol. The quantitative estimate of drug-likeness (QED) is 0.620. The molecule has 2 nitrogen and oxygen atoms in total. The van der Waals surface area contributed by atoms with E-state index in [4.69, 9.17) is 0 Å². The van der Waals surface area contributed by atoms with E-state index < -0.39 is 5.97 Å². The van der Waals surface area contributed by atoms with Gasteiger partial charge in [-0.2, -0.15) is 0 Å². The fourth-order valence-electron chi connectivity index (χ4n) is 2.40. The molecule has 26 heavy (non-hydrogen) atoms. The number of hydrogen-bond acceptors (Lipinski definition) is 2. The number of carbonyl (C=O) groups is 1. The molecule has 0 aliphatic heterocycles. The molecule has 0 fully saturated rings. The molecule has 0 saturated carbocycles. The van der Waals surface area contributed by atoms with E-state index in [0.29, 0.717) is 6.42 Å². The first-order chi connectivity index (χ1) is 12.6. The lowest BCUT2D eigenvalue weighted by molar-refractivity contribution is -0.305. The summed E-state index contributed by atoms with van der Waals surface area (Å²) in [6.07, 6.45) is 0.850. The van der Waals surface area contributed by atoms with Crippen molar-refractivity contribution < 1.29 is 9.90 Å². The number of carboxylic acids is 1. The van der Waals surface area contributed by atoms with Crippen molar-refractivity contribution in [2.75, 3.05) is 0 Å². The molecule has 0 unspecified atom stereocenters. The molecular weight excluding hydrogens is 340 g/mol. The molecule has 0 radical (unpaired) electrons. The van der Waals surface area contributed by atoms with Gasteiger partial charge in [-0.1, -0.05) is 67.4 Å². The Morgan fingerprint density at radius 1 is 0.769 bits per heavy atom. The summed E-state index contributed by atoms with van der Waals surface area (Å²) in [7, 11) is -0.0229. The smallest absolute Gasteiger partial charge is 0.166 e. The highest BCUT2D eigenvalue weighted by atomic mass is 32.2. The van der Waals surface area contributed by atoms with Crippen LogP contribution in [0.2, 0.25) is 0 Å². The molecule has 0 heterocycles. The van der Waals surface area contributed by atoms with Crippen LogP contribution in [-0.2, 0) is 15.7 Å². The number of benzene rings is 3. The third-order valence-electron chi connectivity index (χ3n) is 3.67.